The van der Waals surface area contributed by atoms with Gasteiger partial charge in [-0.2, -0.15) is 0 Å². The van der Waals surface area contributed by atoms with Gasteiger partial charge in [-0.3, -0.25) is 0 Å². The van der Waals surface area contributed by atoms with Crippen LogP contribution in [0.15, 0.2) is 221 Å². The van der Waals surface area contributed by atoms with Gasteiger partial charge in [0.15, 0.2) is 0 Å². The largest absolute Gasteiger partial charge is 0.484 e. The molecule has 3 nitrogen and oxygen atoms in total. The van der Waals surface area contributed by atoms with Crippen molar-refractivity contribution in [1.82, 2.24) is 0 Å². The van der Waals surface area contributed by atoms with Gasteiger partial charge in [-0.25, -0.2) is 0 Å². The zero-order chi connectivity index (χ0) is 38.9. The molecule has 7 aromatic rings. The first-order valence-corrected chi connectivity index (χ1v) is 20.9. The highest BCUT2D eigenvalue weighted by Gasteiger charge is 2.44. The molecule has 6 aromatic carbocycles. The predicted molar refractivity (Wildman–Crippen MR) is 242 cm³/mol. The van der Waals surface area contributed by atoms with Gasteiger partial charge in [0, 0.05) is 51.3 Å². The zero-order valence-electron chi connectivity index (χ0n) is 32.5. The average Bonchev–Trinajstić information content (AvgIpc) is 3.88. The van der Waals surface area contributed by atoms with Gasteiger partial charge in [0.25, 0.3) is 0 Å². The molecule has 0 spiro atoms. The van der Waals surface area contributed by atoms with Crippen molar-refractivity contribution in [1.29, 1.82) is 0 Å². The van der Waals surface area contributed by atoms with Crippen molar-refractivity contribution < 1.29 is 9.15 Å². The Labute approximate surface area is 344 Å². The molecule has 4 atom stereocenters. The Bertz CT molecular complexity index is 3040. The second-order valence-electron chi connectivity index (χ2n) is 16.2. The SMILES string of the molecule is C1=CCCC(C2=CC=C(N(C3=CC4C=Cc5ccccc5C4C=C3)c3ccc4c(c3)oc3cc(-c5ccccc5)ccc34)C3c4ccc(-c5ccccc5)cc4OC23)=C1. The van der Waals surface area contributed by atoms with E-state index in [1.165, 1.54) is 44.7 Å². The van der Waals surface area contributed by atoms with Crippen LogP contribution in [0.3, 0.4) is 0 Å². The number of hydrogen-bond donors (Lipinski definition) is 0. The fourth-order valence-electron chi connectivity index (χ4n) is 10.0. The minimum absolute atomic E-state index is 0.0314. The lowest BCUT2D eigenvalue weighted by Crippen LogP contribution is -2.35. The first-order valence-electron chi connectivity index (χ1n) is 20.9. The molecule has 0 saturated heterocycles. The number of anilines is 1. The highest BCUT2D eigenvalue weighted by molar-refractivity contribution is 6.07. The van der Waals surface area contributed by atoms with E-state index in [0.717, 1.165) is 63.0 Å². The summed E-state index contributed by atoms with van der Waals surface area (Å²) in [6.07, 6.45) is 25.2. The Morgan fingerprint density at radius 3 is 2.15 bits per heavy atom. The molecule has 59 heavy (non-hydrogen) atoms. The van der Waals surface area contributed by atoms with Crippen LogP contribution in [-0.2, 0) is 0 Å². The van der Waals surface area contributed by atoms with Crippen molar-refractivity contribution in [3.8, 4) is 28.0 Å². The minimum atomic E-state index is -0.162. The second kappa shape index (κ2) is 13.8. The maximum atomic E-state index is 7.16. The van der Waals surface area contributed by atoms with Gasteiger partial charge in [-0.05, 0) is 99.9 Å². The lowest BCUT2D eigenvalue weighted by Gasteiger charge is -2.39. The Balaban J connectivity index is 1.03. The van der Waals surface area contributed by atoms with Crippen LogP contribution in [-0.4, -0.2) is 6.10 Å². The molecule has 4 aliphatic carbocycles. The molecule has 1 aliphatic heterocycles. The molecule has 0 fully saturated rings. The molecular formula is C56H41NO2. The molecule has 0 amide bonds. The zero-order valence-corrected chi connectivity index (χ0v) is 32.5. The van der Waals surface area contributed by atoms with Gasteiger partial charge in [0.1, 0.15) is 23.0 Å². The van der Waals surface area contributed by atoms with E-state index >= 15 is 0 Å². The van der Waals surface area contributed by atoms with E-state index in [0.29, 0.717) is 0 Å². The van der Waals surface area contributed by atoms with Crippen LogP contribution in [0.2, 0.25) is 0 Å². The number of benzene rings is 6. The molecule has 0 N–H and O–H groups in total. The van der Waals surface area contributed by atoms with E-state index in [1.54, 1.807) is 0 Å². The highest BCUT2D eigenvalue weighted by atomic mass is 16.5. The van der Waals surface area contributed by atoms with E-state index in [9.17, 15) is 0 Å². The minimum Gasteiger partial charge on any atom is -0.484 e. The number of ether oxygens (including phenoxy) is 1. The lowest BCUT2D eigenvalue weighted by atomic mass is 9.76. The number of nitrogens with zero attached hydrogens (tertiary/aromatic N) is 1. The van der Waals surface area contributed by atoms with E-state index in [1.807, 2.05) is 0 Å². The third-order valence-electron chi connectivity index (χ3n) is 12.9. The van der Waals surface area contributed by atoms with Crippen LogP contribution in [0.1, 0.15) is 41.4 Å². The Morgan fingerprint density at radius 2 is 1.34 bits per heavy atom. The molecule has 12 rings (SSSR count). The summed E-state index contributed by atoms with van der Waals surface area (Å²) >= 11 is 0. The normalized spacial score (nSPS) is 21.1. The first kappa shape index (κ1) is 34.0. The topological polar surface area (TPSA) is 25.6 Å². The lowest BCUT2D eigenvalue weighted by molar-refractivity contribution is 0.252. The van der Waals surface area contributed by atoms with Crippen molar-refractivity contribution in [2.45, 2.75) is 30.8 Å². The van der Waals surface area contributed by atoms with Gasteiger partial charge in [-0.15, -0.1) is 0 Å². The molecule has 1 aromatic heterocycles. The number of furan rings is 1. The van der Waals surface area contributed by atoms with Crippen LogP contribution in [0.4, 0.5) is 5.69 Å². The van der Waals surface area contributed by atoms with Crippen LogP contribution in [0.25, 0.3) is 50.3 Å². The van der Waals surface area contributed by atoms with Crippen LogP contribution < -0.4 is 9.64 Å². The molecule has 0 bridgehead atoms. The highest BCUT2D eigenvalue weighted by Crippen LogP contribution is 2.53. The standard InChI is InChI=1S/C56H41NO2/c1-4-12-36(13-5-1)40-22-26-48-49-29-25-44(35-54(49)58-52(48)33-40)57(43-24-28-46-42(32-43)21-20-39-18-10-11-19-45(39)46)51-31-30-47(38-16-8-3-9-17-38)56-55(51)50-27-23-41(34-53(50)59-56)37-14-6-2-7-15-37/h1-8,10-16,18-35,42,46,55-56H,9,17H2. The summed E-state index contributed by atoms with van der Waals surface area (Å²) in [5.74, 6) is 1.44. The average molecular weight is 760 g/mol. The van der Waals surface area contributed by atoms with Crippen molar-refractivity contribution in [3.05, 3.63) is 233 Å². The molecule has 4 unspecified atom stereocenters. The van der Waals surface area contributed by atoms with Crippen LogP contribution in [0.5, 0.6) is 5.75 Å². The summed E-state index contributed by atoms with van der Waals surface area (Å²) in [5, 5.41) is 2.23. The number of allylic oxidation sites excluding steroid dienone is 9. The molecule has 0 radical (unpaired) electrons. The van der Waals surface area contributed by atoms with Gasteiger partial charge >= 0.3 is 0 Å². The van der Waals surface area contributed by atoms with Crippen molar-refractivity contribution in [2.24, 2.45) is 5.92 Å². The summed E-state index contributed by atoms with van der Waals surface area (Å²) in [6, 6.07) is 50.1. The predicted octanol–water partition coefficient (Wildman–Crippen LogP) is 14.3. The maximum absolute atomic E-state index is 7.16. The molecule has 5 aliphatic rings. The van der Waals surface area contributed by atoms with E-state index in [-0.39, 0.29) is 23.9 Å². The van der Waals surface area contributed by atoms with Crippen molar-refractivity contribution >= 4 is 33.7 Å². The summed E-state index contributed by atoms with van der Waals surface area (Å²) in [6.45, 7) is 0. The Kier molecular flexibility index (Phi) is 7.94. The molecule has 3 heteroatoms. The fraction of sp³-hybridized carbons (Fsp3) is 0.107. The van der Waals surface area contributed by atoms with E-state index < -0.39 is 0 Å². The molecular weight excluding hydrogens is 719 g/mol. The summed E-state index contributed by atoms with van der Waals surface area (Å²) in [4.78, 5) is 2.48. The van der Waals surface area contributed by atoms with Crippen LogP contribution >= 0.6 is 0 Å². The summed E-state index contributed by atoms with van der Waals surface area (Å²) < 4.78 is 13.9. The third-order valence-corrected chi connectivity index (χ3v) is 12.9. The number of rotatable bonds is 6. The Morgan fingerprint density at radius 1 is 0.593 bits per heavy atom. The number of fused-ring (bicyclic) bond motifs is 9. The third kappa shape index (κ3) is 5.72. The second-order valence-corrected chi connectivity index (χ2v) is 16.2. The molecule has 282 valence electrons. The Hall–Kier alpha value is -7.10. The maximum Gasteiger partial charge on any atom is 0.137 e. The van der Waals surface area contributed by atoms with Crippen LogP contribution in [0, 0.1) is 5.92 Å². The van der Waals surface area contributed by atoms with Gasteiger partial charge < -0.3 is 14.1 Å². The van der Waals surface area contributed by atoms with E-state index in [2.05, 4.69) is 205 Å². The molecule has 0 saturated carbocycles. The first-order chi connectivity index (χ1) is 29.2. The monoisotopic (exact) mass is 759 g/mol. The number of hydrogen-bond acceptors (Lipinski definition) is 3. The summed E-state index contributed by atoms with van der Waals surface area (Å²) in [7, 11) is 0. The smallest absolute Gasteiger partial charge is 0.137 e. The summed E-state index contributed by atoms with van der Waals surface area (Å²) in [5.41, 5.74) is 16.3. The van der Waals surface area contributed by atoms with Crippen molar-refractivity contribution in [3.63, 3.8) is 0 Å². The van der Waals surface area contributed by atoms with Gasteiger partial charge in [0.2, 0.25) is 0 Å². The van der Waals surface area contributed by atoms with Gasteiger partial charge in [-0.1, -0.05) is 152 Å². The van der Waals surface area contributed by atoms with Gasteiger partial charge in [0.05, 0.1) is 5.92 Å². The van der Waals surface area contributed by atoms with Crippen molar-refractivity contribution in [2.75, 3.05) is 4.90 Å². The quantitative estimate of drug-likeness (QED) is 0.169. The van der Waals surface area contributed by atoms with E-state index in [4.69, 9.17) is 9.15 Å². The fourth-order valence-corrected chi connectivity index (χ4v) is 10.0. The molecule has 2 heterocycles.